The van der Waals surface area contributed by atoms with Gasteiger partial charge in [0.1, 0.15) is 11.5 Å². The zero-order valence-corrected chi connectivity index (χ0v) is 14.4. The Balaban J connectivity index is 1.50. The molecule has 26 heavy (non-hydrogen) atoms. The summed E-state index contributed by atoms with van der Waals surface area (Å²) >= 11 is 0. The number of benzene rings is 2. The molecule has 1 fully saturated rings. The number of amides is 1. The average molecular weight is 348 g/mol. The first-order chi connectivity index (χ1) is 12.6. The summed E-state index contributed by atoms with van der Waals surface area (Å²) in [4.78, 5) is 17.6. The minimum Gasteiger partial charge on any atom is -0.508 e. The van der Waals surface area contributed by atoms with Crippen LogP contribution in [-0.4, -0.2) is 41.8 Å². The maximum atomic E-state index is 11.5. The molecule has 0 unspecified atom stereocenters. The third kappa shape index (κ3) is 3.08. The molecule has 0 bridgehead atoms. The van der Waals surface area contributed by atoms with E-state index in [-0.39, 0.29) is 11.7 Å². The summed E-state index contributed by atoms with van der Waals surface area (Å²) in [5.41, 5.74) is 4.24. The summed E-state index contributed by atoms with van der Waals surface area (Å²) in [7, 11) is 0. The number of fused-ring (bicyclic) bond motifs is 1. The molecule has 0 spiro atoms. The van der Waals surface area contributed by atoms with E-state index in [1.165, 1.54) is 6.08 Å². The molecule has 1 amide bonds. The van der Waals surface area contributed by atoms with E-state index < -0.39 is 0 Å². The van der Waals surface area contributed by atoms with Crippen LogP contribution in [-0.2, 0) is 11.3 Å². The number of carbonyl (C=O) groups is 1. The molecule has 2 aromatic rings. The molecule has 0 saturated carbocycles. The Morgan fingerprint density at radius 1 is 1.27 bits per heavy atom. The van der Waals surface area contributed by atoms with Gasteiger partial charge >= 0.3 is 0 Å². The molecule has 2 heterocycles. The zero-order valence-electron chi connectivity index (χ0n) is 14.4. The molecule has 5 nitrogen and oxygen atoms in total. The largest absolute Gasteiger partial charge is 0.508 e. The standard InChI is InChI=1S/C21H20N2O3/c1-2-21(25)23-11-14(12-23)13-26-20-8-16(7-17-9-22-10-19(17)20)15-3-5-18(24)6-4-15/h2-8,10,14,24H,1,9,11-13H2. The van der Waals surface area contributed by atoms with Crippen LogP contribution in [0.5, 0.6) is 11.5 Å². The molecule has 2 aromatic carbocycles. The van der Waals surface area contributed by atoms with Gasteiger partial charge in [0.2, 0.25) is 5.91 Å². The Morgan fingerprint density at radius 2 is 2.04 bits per heavy atom. The molecule has 0 radical (unpaired) electrons. The monoisotopic (exact) mass is 348 g/mol. The molecule has 132 valence electrons. The molecule has 2 aliphatic heterocycles. The Morgan fingerprint density at radius 3 is 2.77 bits per heavy atom. The molecule has 1 saturated heterocycles. The van der Waals surface area contributed by atoms with Crippen molar-refractivity contribution >= 4 is 12.1 Å². The molecule has 4 rings (SSSR count). The smallest absolute Gasteiger partial charge is 0.245 e. The third-order valence-corrected chi connectivity index (χ3v) is 4.83. The highest BCUT2D eigenvalue weighted by Crippen LogP contribution is 2.33. The van der Waals surface area contributed by atoms with Gasteiger partial charge in [0.25, 0.3) is 0 Å². The fourth-order valence-corrected chi connectivity index (χ4v) is 3.33. The van der Waals surface area contributed by atoms with E-state index in [4.69, 9.17) is 4.74 Å². The summed E-state index contributed by atoms with van der Waals surface area (Å²) in [6.07, 6.45) is 3.21. The van der Waals surface area contributed by atoms with Gasteiger partial charge in [0.05, 0.1) is 13.2 Å². The molecule has 0 atom stereocenters. The van der Waals surface area contributed by atoms with E-state index in [0.29, 0.717) is 32.2 Å². The molecule has 2 aliphatic rings. The highest BCUT2D eigenvalue weighted by Gasteiger charge is 2.30. The van der Waals surface area contributed by atoms with Crippen molar-refractivity contribution in [2.45, 2.75) is 6.54 Å². The van der Waals surface area contributed by atoms with Gasteiger partial charge in [-0.05, 0) is 47.0 Å². The number of nitrogens with zero attached hydrogens (tertiary/aromatic N) is 2. The number of phenols is 1. The molecule has 0 aromatic heterocycles. The predicted molar refractivity (Wildman–Crippen MR) is 101 cm³/mol. The van der Waals surface area contributed by atoms with Crippen molar-refractivity contribution in [3.8, 4) is 22.6 Å². The number of hydrogen-bond donors (Lipinski definition) is 1. The van der Waals surface area contributed by atoms with Crippen LogP contribution < -0.4 is 4.74 Å². The second-order valence-electron chi connectivity index (χ2n) is 6.69. The highest BCUT2D eigenvalue weighted by molar-refractivity contribution is 5.90. The maximum absolute atomic E-state index is 11.5. The quantitative estimate of drug-likeness (QED) is 0.845. The first kappa shape index (κ1) is 16.4. The Bertz CT molecular complexity index is 881. The maximum Gasteiger partial charge on any atom is 0.245 e. The van der Waals surface area contributed by atoms with Gasteiger partial charge in [-0.2, -0.15) is 0 Å². The van der Waals surface area contributed by atoms with Gasteiger partial charge in [-0.3, -0.25) is 9.79 Å². The van der Waals surface area contributed by atoms with Crippen molar-refractivity contribution < 1.29 is 14.6 Å². The summed E-state index contributed by atoms with van der Waals surface area (Å²) < 4.78 is 6.10. The van der Waals surface area contributed by atoms with E-state index in [2.05, 4.69) is 17.6 Å². The fourth-order valence-electron chi connectivity index (χ4n) is 3.33. The predicted octanol–water partition coefficient (Wildman–Crippen LogP) is 3.01. The van der Waals surface area contributed by atoms with Gasteiger partial charge < -0.3 is 14.7 Å². The van der Waals surface area contributed by atoms with E-state index in [1.54, 1.807) is 17.0 Å². The number of ether oxygens (including phenoxy) is 1. The van der Waals surface area contributed by atoms with Crippen LogP contribution >= 0.6 is 0 Å². The third-order valence-electron chi connectivity index (χ3n) is 4.83. The lowest BCUT2D eigenvalue weighted by Crippen LogP contribution is -2.51. The average Bonchev–Trinajstić information content (AvgIpc) is 3.09. The molecular formula is C21H20N2O3. The minimum absolute atomic E-state index is 0.0244. The molecule has 5 heteroatoms. The summed E-state index contributed by atoms with van der Waals surface area (Å²) in [5, 5.41) is 9.49. The Kier molecular flexibility index (Phi) is 4.21. The molecular weight excluding hydrogens is 328 g/mol. The second kappa shape index (κ2) is 6.67. The second-order valence-corrected chi connectivity index (χ2v) is 6.69. The van der Waals surface area contributed by atoms with E-state index >= 15 is 0 Å². The number of carbonyl (C=O) groups excluding carboxylic acids is 1. The van der Waals surface area contributed by atoms with Gasteiger partial charge in [-0.15, -0.1) is 0 Å². The van der Waals surface area contributed by atoms with Crippen LogP contribution in [0.4, 0.5) is 0 Å². The molecule has 0 aliphatic carbocycles. The number of hydrogen-bond acceptors (Lipinski definition) is 4. The summed E-state index contributed by atoms with van der Waals surface area (Å²) in [6.45, 7) is 6.15. The summed E-state index contributed by atoms with van der Waals surface area (Å²) in [5.74, 6) is 1.38. The van der Waals surface area contributed by atoms with Crippen LogP contribution in [0.2, 0.25) is 0 Å². The number of aromatic hydroxyl groups is 1. The number of likely N-dealkylation sites (tertiary alicyclic amines) is 1. The Hall–Kier alpha value is -3.08. The lowest BCUT2D eigenvalue weighted by atomic mass is 9.98. The SMILES string of the molecule is C=CC(=O)N1CC(COc2cc(-c3ccc(O)cc3)cc3c2C=NC3)C1. The fraction of sp³-hybridized carbons (Fsp3) is 0.238. The normalized spacial score (nSPS) is 15.5. The lowest BCUT2D eigenvalue weighted by molar-refractivity contribution is -0.132. The van der Waals surface area contributed by atoms with Gasteiger partial charge in [-0.1, -0.05) is 18.7 Å². The van der Waals surface area contributed by atoms with Crippen molar-refractivity contribution in [3.05, 3.63) is 60.2 Å². The van der Waals surface area contributed by atoms with Gasteiger partial charge in [0.15, 0.2) is 0 Å². The van der Waals surface area contributed by atoms with Crippen LogP contribution in [0.15, 0.2) is 54.0 Å². The van der Waals surface area contributed by atoms with E-state index in [9.17, 15) is 9.90 Å². The molecule has 1 N–H and O–H groups in total. The van der Waals surface area contributed by atoms with Crippen molar-refractivity contribution in [1.29, 1.82) is 0 Å². The van der Waals surface area contributed by atoms with Crippen LogP contribution in [0.25, 0.3) is 11.1 Å². The van der Waals surface area contributed by atoms with Gasteiger partial charge in [-0.25, -0.2) is 0 Å². The van der Waals surface area contributed by atoms with Crippen molar-refractivity contribution in [1.82, 2.24) is 4.90 Å². The minimum atomic E-state index is -0.0244. The van der Waals surface area contributed by atoms with Crippen LogP contribution in [0.1, 0.15) is 11.1 Å². The van der Waals surface area contributed by atoms with E-state index in [1.807, 2.05) is 24.4 Å². The van der Waals surface area contributed by atoms with Crippen LogP contribution in [0, 0.1) is 5.92 Å². The van der Waals surface area contributed by atoms with Crippen molar-refractivity contribution in [2.75, 3.05) is 19.7 Å². The number of rotatable bonds is 5. The number of aliphatic imine (C=N–C) groups is 1. The van der Waals surface area contributed by atoms with Gasteiger partial charge in [0, 0.05) is 30.8 Å². The van der Waals surface area contributed by atoms with Crippen LogP contribution in [0.3, 0.4) is 0 Å². The first-order valence-electron chi connectivity index (χ1n) is 8.64. The Labute approximate surface area is 152 Å². The highest BCUT2D eigenvalue weighted by atomic mass is 16.5. The lowest BCUT2D eigenvalue weighted by Gasteiger charge is -2.38. The topological polar surface area (TPSA) is 62.1 Å². The van der Waals surface area contributed by atoms with Crippen molar-refractivity contribution in [2.24, 2.45) is 10.9 Å². The summed E-state index contributed by atoms with van der Waals surface area (Å²) in [6, 6.07) is 11.3. The first-order valence-corrected chi connectivity index (χ1v) is 8.64. The number of phenolic OH excluding ortho intramolecular Hbond substituents is 1. The zero-order chi connectivity index (χ0) is 18.1. The van der Waals surface area contributed by atoms with E-state index in [0.717, 1.165) is 28.0 Å². The van der Waals surface area contributed by atoms with Crippen molar-refractivity contribution in [3.63, 3.8) is 0 Å².